The van der Waals surface area contributed by atoms with Crippen LogP contribution in [0.3, 0.4) is 0 Å². The lowest BCUT2D eigenvalue weighted by molar-refractivity contribution is 0.175. The monoisotopic (exact) mass is 404 g/mol. The lowest BCUT2D eigenvalue weighted by Gasteiger charge is -2.30. The summed E-state index contributed by atoms with van der Waals surface area (Å²) in [7, 11) is -8.62. The smallest absolute Gasteiger partial charge is 0.333 e. The van der Waals surface area contributed by atoms with Crippen LogP contribution in [0.15, 0.2) is 0 Å². The molecule has 0 bridgehead atoms. The van der Waals surface area contributed by atoms with Gasteiger partial charge in [0, 0.05) is 0 Å². The third-order valence-electron chi connectivity index (χ3n) is 2.68. The van der Waals surface area contributed by atoms with Crippen molar-refractivity contribution in [2.24, 2.45) is 0 Å². The topological polar surface area (TPSA) is 80.3 Å². The lowest BCUT2D eigenvalue weighted by atomic mass is 10.5. The fourth-order valence-electron chi connectivity index (χ4n) is 2.20. The van der Waals surface area contributed by atoms with E-state index in [1.165, 1.54) is 0 Å². The molecule has 0 rings (SSSR count). The van der Waals surface area contributed by atoms with E-state index in [2.05, 4.69) is 0 Å². The van der Waals surface area contributed by atoms with Gasteiger partial charge in [-0.15, -0.1) is 0 Å². The number of hydrogen-bond donors (Lipinski definition) is 0. The van der Waals surface area contributed by atoms with Crippen molar-refractivity contribution in [3.63, 3.8) is 0 Å². The van der Waals surface area contributed by atoms with E-state index in [-0.39, 0.29) is 38.8 Å². The highest BCUT2D eigenvalue weighted by molar-refractivity contribution is 7.55. The van der Waals surface area contributed by atoms with Crippen molar-refractivity contribution >= 4 is 23.5 Å². The van der Waals surface area contributed by atoms with Crippen molar-refractivity contribution in [1.82, 2.24) is 0 Å². The molecule has 0 heterocycles. The highest BCUT2D eigenvalue weighted by Gasteiger charge is 2.37. The Morgan fingerprint density at radius 2 is 1.00 bits per heavy atom. The maximum Gasteiger partial charge on any atom is 0.333 e. The van der Waals surface area contributed by atoms with Crippen molar-refractivity contribution in [2.75, 3.05) is 38.8 Å². The highest BCUT2D eigenvalue weighted by atomic mass is 31.2. The third-order valence-corrected chi connectivity index (χ3v) is 8.03. The van der Waals surface area contributed by atoms with E-state index in [9.17, 15) is 9.13 Å². The molecule has 0 unspecified atom stereocenters. The van der Waals surface area contributed by atoms with Crippen LogP contribution in [-0.2, 0) is 31.7 Å². The largest absolute Gasteiger partial charge is 0.413 e. The van der Waals surface area contributed by atoms with Gasteiger partial charge in [0.2, 0.25) is 0 Å². The lowest BCUT2D eigenvalue weighted by Crippen LogP contribution is -2.36. The molecule has 0 aliphatic carbocycles. The molecule has 0 amide bonds. The first kappa shape index (κ1) is 24.5. The van der Waals surface area contributed by atoms with Gasteiger partial charge >= 0.3 is 15.2 Å². The summed E-state index contributed by atoms with van der Waals surface area (Å²) in [5, 5.41) is 0. The summed E-state index contributed by atoms with van der Waals surface area (Å²) in [4.78, 5) is 0. The van der Waals surface area contributed by atoms with Gasteiger partial charge in [0.25, 0.3) is 0 Å². The molecule has 0 N–H and O–H groups in total. The minimum atomic E-state index is -3.32. The first-order valence-corrected chi connectivity index (χ1v) is 15.3. The molecule has 10 heteroatoms. The van der Waals surface area contributed by atoms with Gasteiger partial charge in [-0.2, -0.15) is 0 Å². The fourth-order valence-corrected chi connectivity index (χ4v) is 7.40. The molecule has 0 radical (unpaired) electrons. The van der Waals surface area contributed by atoms with E-state index in [1.807, 2.05) is 19.6 Å². The molecular formula is C14H34O7P2Si. The van der Waals surface area contributed by atoms with Crippen molar-refractivity contribution in [1.29, 1.82) is 0 Å². The summed E-state index contributed by atoms with van der Waals surface area (Å²) in [6.45, 7) is 14.1. The summed E-state index contributed by atoms with van der Waals surface area (Å²) >= 11 is 0. The van der Waals surface area contributed by atoms with Crippen molar-refractivity contribution < 1.29 is 31.7 Å². The Morgan fingerprint density at radius 1 is 0.708 bits per heavy atom. The quantitative estimate of drug-likeness (QED) is 0.306. The van der Waals surface area contributed by atoms with Crippen LogP contribution >= 0.6 is 15.2 Å². The van der Waals surface area contributed by atoms with E-state index >= 15 is 0 Å². The summed E-state index contributed by atoms with van der Waals surface area (Å²) in [6.07, 6.45) is -0.517. The average molecular weight is 404 g/mol. The van der Waals surface area contributed by atoms with Crippen LogP contribution in [0, 0.1) is 0 Å². The minimum Gasteiger partial charge on any atom is -0.413 e. The first-order chi connectivity index (χ1) is 11.0. The molecule has 0 aliphatic rings. The molecule has 0 spiro atoms. The Balaban J connectivity index is 5.35. The van der Waals surface area contributed by atoms with Gasteiger partial charge in [-0.3, -0.25) is 9.13 Å². The zero-order chi connectivity index (χ0) is 18.9. The second-order valence-electron chi connectivity index (χ2n) is 6.11. The van der Waals surface area contributed by atoms with E-state index < -0.39 is 29.6 Å². The molecule has 0 aromatic carbocycles. The molecular weight excluding hydrogens is 370 g/mol. The Bertz CT molecular complexity index is 387. The highest BCUT2D eigenvalue weighted by Crippen LogP contribution is 2.54. The van der Waals surface area contributed by atoms with Crippen LogP contribution in [0.25, 0.3) is 0 Å². The van der Waals surface area contributed by atoms with Gasteiger partial charge in [-0.25, -0.2) is 0 Å². The summed E-state index contributed by atoms with van der Waals surface area (Å²) in [6, 6.07) is 0. The predicted molar refractivity (Wildman–Crippen MR) is 99.7 cm³/mol. The molecule has 0 fully saturated rings. The molecule has 0 aliphatic heterocycles. The first-order valence-electron chi connectivity index (χ1n) is 8.47. The van der Waals surface area contributed by atoms with Gasteiger partial charge in [0.15, 0.2) is 8.32 Å². The maximum atomic E-state index is 12.8. The number of hydrogen-bond acceptors (Lipinski definition) is 7. The molecule has 7 nitrogen and oxygen atoms in total. The van der Waals surface area contributed by atoms with Crippen LogP contribution in [0.2, 0.25) is 19.6 Å². The van der Waals surface area contributed by atoms with Crippen molar-refractivity contribution in [3.05, 3.63) is 0 Å². The van der Waals surface area contributed by atoms with Crippen LogP contribution in [0.5, 0.6) is 0 Å². The molecule has 24 heavy (non-hydrogen) atoms. The van der Waals surface area contributed by atoms with E-state index in [0.29, 0.717) is 0 Å². The molecule has 0 atom stereocenters. The zero-order valence-corrected chi connectivity index (χ0v) is 18.9. The Labute approximate surface area is 147 Å². The van der Waals surface area contributed by atoms with Crippen molar-refractivity contribution in [2.45, 2.75) is 53.4 Å². The van der Waals surface area contributed by atoms with Gasteiger partial charge in [-0.05, 0) is 47.3 Å². The SMILES string of the molecule is CCOP(=O)(CC(CP(=O)(OCC)OCC)O[Si](C)(C)C)OCC. The molecule has 0 aromatic heterocycles. The van der Waals surface area contributed by atoms with Crippen LogP contribution in [-0.4, -0.2) is 53.2 Å². The average Bonchev–Trinajstić information content (AvgIpc) is 2.36. The molecule has 146 valence electrons. The standard InChI is InChI=1S/C14H34O7P2Si/c1-8-17-22(15,18-9-2)12-14(21-24(5,6)7)13-23(16,19-10-3)20-11-4/h14H,8-13H2,1-7H3. The zero-order valence-electron chi connectivity index (χ0n) is 16.1. The fraction of sp³-hybridized carbons (Fsp3) is 1.00. The van der Waals surface area contributed by atoms with Gasteiger partial charge in [0.1, 0.15) is 0 Å². The summed E-state index contributed by atoms with van der Waals surface area (Å²) in [5.41, 5.74) is 0. The predicted octanol–water partition coefficient (Wildman–Crippen LogP) is 4.74. The molecule has 0 aromatic rings. The third kappa shape index (κ3) is 10.5. The van der Waals surface area contributed by atoms with Gasteiger partial charge in [0.05, 0.1) is 44.9 Å². The summed E-state index contributed by atoms with van der Waals surface area (Å²) in [5.74, 6) is 0. The Hall–Kier alpha value is 0.477. The second-order valence-corrected chi connectivity index (χ2v) is 14.8. The summed E-state index contributed by atoms with van der Waals surface area (Å²) < 4.78 is 53.1. The molecule has 0 saturated heterocycles. The van der Waals surface area contributed by atoms with Crippen molar-refractivity contribution in [3.8, 4) is 0 Å². The van der Waals surface area contributed by atoms with Crippen LogP contribution < -0.4 is 0 Å². The van der Waals surface area contributed by atoms with E-state index in [4.69, 9.17) is 22.5 Å². The van der Waals surface area contributed by atoms with E-state index in [0.717, 1.165) is 0 Å². The minimum absolute atomic E-state index is 0.0308. The second kappa shape index (κ2) is 11.2. The van der Waals surface area contributed by atoms with Gasteiger partial charge in [-0.1, -0.05) is 0 Å². The Kier molecular flexibility index (Phi) is 11.5. The van der Waals surface area contributed by atoms with Crippen LogP contribution in [0.1, 0.15) is 27.7 Å². The van der Waals surface area contributed by atoms with Gasteiger partial charge < -0.3 is 22.5 Å². The molecule has 0 saturated carbocycles. The van der Waals surface area contributed by atoms with Crippen LogP contribution in [0.4, 0.5) is 0 Å². The maximum absolute atomic E-state index is 12.8. The Morgan fingerprint density at radius 3 is 1.21 bits per heavy atom. The van der Waals surface area contributed by atoms with E-state index in [1.54, 1.807) is 27.7 Å². The normalized spacial score (nSPS) is 13.7. The number of rotatable bonds is 14.